The first-order valence-corrected chi connectivity index (χ1v) is 8.61. The summed E-state index contributed by atoms with van der Waals surface area (Å²) in [6.07, 6.45) is 3.33. The van der Waals surface area contributed by atoms with Crippen molar-refractivity contribution in [1.82, 2.24) is 14.7 Å². The van der Waals surface area contributed by atoms with Crippen LogP contribution in [-0.2, 0) is 11.3 Å². The summed E-state index contributed by atoms with van der Waals surface area (Å²) >= 11 is 0. The molecule has 2 aromatic rings. The van der Waals surface area contributed by atoms with E-state index >= 15 is 0 Å². The van der Waals surface area contributed by atoms with Gasteiger partial charge in [-0.2, -0.15) is 5.10 Å². The Kier molecular flexibility index (Phi) is 4.99. The number of benzene rings is 1. The molecule has 1 aliphatic heterocycles. The lowest BCUT2D eigenvalue weighted by Crippen LogP contribution is -2.52. The van der Waals surface area contributed by atoms with E-state index in [1.54, 1.807) is 15.8 Å². The molecule has 27 heavy (non-hydrogen) atoms. The third kappa shape index (κ3) is 4.32. The Balaban J connectivity index is 1.63. The van der Waals surface area contributed by atoms with Crippen LogP contribution in [0.1, 0.15) is 31.1 Å². The first-order valence-electron chi connectivity index (χ1n) is 8.61. The molecule has 1 fully saturated rings. The van der Waals surface area contributed by atoms with Crippen LogP contribution in [-0.4, -0.2) is 45.8 Å². The summed E-state index contributed by atoms with van der Waals surface area (Å²) in [5.74, 6) is -1.86. The number of aromatic nitrogens is 2. The standard InChI is InChI=1S/C19H21F2N3O3/c1-19(2,3)27-18(26)23-7-12(8-23)9-24-10-14(6-22-24)15-5-17(21)16(20)4-13(15)11-25/h4-6,10-12H,7-9H2,1-3H3. The molecule has 8 heteroatoms. The molecule has 1 amide bonds. The smallest absolute Gasteiger partial charge is 0.410 e. The van der Waals surface area contributed by atoms with Crippen molar-refractivity contribution in [3.63, 3.8) is 0 Å². The van der Waals surface area contributed by atoms with Crippen LogP contribution in [0.15, 0.2) is 24.5 Å². The molecule has 3 rings (SSSR count). The van der Waals surface area contributed by atoms with E-state index in [2.05, 4.69) is 5.10 Å². The highest BCUT2D eigenvalue weighted by Crippen LogP contribution is 2.26. The molecule has 144 valence electrons. The molecule has 1 saturated heterocycles. The molecule has 0 spiro atoms. The zero-order valence-electron chi connectivity index (χ0n) is 15.4. The Hall–Kier alpha value is -2.77. The molecule has 2 heterocycles. The second kappa shape index (κ2) is 7.09. The van der Waals surface area contributed by atoms with Crippen LogP contribution in [0, 0.1) is 17.6 Å². The van der Waals surface area contributed by atoms with Crippen LogP contribution in [0.4, 0.5) is 13.6 Å². The van der Waals surface area contributed by atoms with Crippen LogP contribution in [0.25, 0.3) is 11.1 Å². The summed E-state index contributed by atoms with van der Waals surface area (Å²) in [5.41, 5.74) is 0.353. The van der Waals surface area contributed by atoms with Crippen molar-refractivity contribution in [3.8, 4) is 11.1 Å². The van der Waals surface area contributed by atoms with Crippen molar-refractivity contribution < 1.29 is 23.1 Å². The largest absolute Gasteiger partial charge is 0.444 e. The fraction of sp³-hybridized carbons (Fsp3) is 0.421. The number of aldehydes is 1. The van der Waals surface area contributed by atoms with E-state index in [0.29, 0.717) is 37.0 Å². The number of hydrogen-bond acceptors (Lipinski definition) is 4. The monoisotopic (exact) mass is 377 g/mol. The van der Waals surface area contributed by atoms with E-state index in [9.17, 15) is 18.4 Å². The van der Waals surface area contributed by atoms with E-state index in [1.165, 1.54) is 6.20 Å². The van der Waals surface area contributed by atoms with Gasteiger partial charge in [-0.3, -0.25) is 9.48 Å². The molecule has 1 aliphatic rings. The van der Waals surface area contributed by atoms with Gasteiger partial charge in [-0.05, 0) is 38.5 Å². The van der Waals surface area contributed by atoms with E-state index < -0.39 is 17.2 Å². The van der Waals surface area contributed by atoms with Gasteiger partial charge in [-0.1, -0.05) is 0 Å². The van der Waals surface area contributed by atoms with E-state index in [-0.39, 0.29) is 17.6 Å². The van der Waals surface area contributed by atoms with Crippen LogP contribution in [0.2, 0.25) is 0 Å². The number of halogens is 2. The van der Waals surface area contributed by atoms with E-state index in [1.807, 2.05) is 20.8 Å². The van der Waals surface area contributed by atoms with Crippen molar-refractivity contribution in [2.45, 2.75) is 32.9 Å². The van der Waals surface area contributed by atoms with Crippen LogP contribution in [0.5, 0.6) is 0 Å². The van der Waals surface area contributed by atoms with Crippen LogP contribution in [0.3, 0.4) is 0 Å². The lowest BCUT2D eigenvalue weighted by molar-refractivity contribution is -0.00383. The minimum atomic E-state index is -1.06. The minimum Gasteiger partial charge on any atom is -0.444 e. The lowest BCUT2D eigenvalue weighted by atomic mass is 10.0. The normalized spacial score (nSPS) is 14.8. The predicted octanol–water partition coefficient (Wildman–Crippen LogP) is 3.51. The molecule has 0 bridgehead atoms. The van der Waals surface area contributed by atoms with Gasteiger partial charge in [-0.15, -0.1) is 0 Å². The first kappa shape index (κ1) is 19.0. The average molecular weight is 377 g/mol. The van der Waals surface area contributed by atoms with Gasteiger partial charge in [0.2, 0.25) is 0 Å². The molecule has 0 radical (unpaired) electrons. The third-order valence-corrected chi connectivity index (χ3v) is 4.22. The third-order valence-electron chi connectivity index (χ3n) is 4.22. The Bertz CT molecular complexity index is 868. The van der Waals surface area contributed by atoms with E-state index in [4.69, 9.17) is 4.74 Å². The lowest BCUT2D eigenvalue weighted by Gasteiger charge is -2.39. The van der Waals surface area contributed by atoms with Crippen molar-refractivity contribution in [2.24, 2.45) is 5.92 Å². The first-order chi connectivity index (χ1) is 12.7. The number of amides is 1. The predicted molar refractivity (Wildman–Crippen MR) is 94.3 cm³/mol. The van der Waals surface area contributed by atoms with Crippen LogP contribution < -0.4 is 0 Å². The minimum absolute atomic E-state index is 0.0631. The van der Waals surface area contributed by atoms with Gasteiger partial charge in [-0.25, -0.2) is 13.6 Å². The van der Waals surface area contributed by atoms with E-state index in [0.717, 1.165) is 12.1 Å². The summed E-state index contributed by atoms with van der Waals surface area (Å²) in [6, 6.07) is 1.87. The Morgan fingerprint density at radius 2 is 1.96 bits per heavy atom. The summed E-state index contributed by atoms with van der Waals surface area (Å²) in [7, 11) is 0. The molecule has 0 atom stereocenters. The van der Waals surface area contributed by atoms with Crippen molar-refractivity contribution in [2.75, 3.05) is 13.1 Å². The highest BCUT2D eigenvalue weighted by Gasteiger charge is 2.33. The number of likely N-dealkylation sites (tertiary alicyclic amines) is 1. The van der Waals surface area contributed by atoms with Gasteiger partial charge in [0.05, 0.1) is 6.20 Å². The Morgan fingerprint density at radius 3 is 2.59 bits per heavy atom. The molecule has 0 unspecified atom stereocenters. The molecular formula is C19H21F2N3O3. The fourth-order valence-corrected chi connectivity index (χ4v) is 2.94. The van der Waals surface area contributed by atoms with Gasteiger partial charge < -0.3 is 9.64 Å². The second-order valence-corrected chi connectivity index (χ2v) is 7.67. The second-order valence-electron chi connectivity index (χ2n) is 7.67. The maximum absolute atomic E-state index is 13.5. The summed E-state index contributed by atoms with van der Waals surface area (Å²) in [4.78, 5) is 24.7. The molecular weight excluding hydrogens is 356 g/mol. The number of nitrogens with zero attached hydrogens (tertiary/aromatic N) is 3. The van der Waals surface area contributed by atoms with Crippen molar-refractivity contribution in [1.29, 1.82) is 0 Å². The average Bonchev–Trinajstić information content (AvgIpc) is 2.99. The van der Waals surface area contributed by atoms with Gasteiger partial charge in [0.25, 0.3) is 0 Å². The van der Waals surface area contributed by atoms with Gasteiger partial charge in [0, 0.05) is 42.9 Å². The summed E-state index contributed by atoms with van der Waals surface area (Å²) in [5, 5.41) is 4.22. The quantitative estimate of drug-likeness (QED) is 0.765. The Morgan fingerprint density at radius 1 is 1.30 bits per heavy atom. The number of carbonyl (C=O) groups excluding carboxylic acids is 2. The Labute approximate surface area is 155 Å². The summed E-state index contributed by atoms with van der Waals surface area (Å²) in [6.45, 7) is 7.15. The molecule has 6 nitrogen and oxygen atoms in total. The maximum Gasteiger partial charge on any atom is 0.410 e. The molecule has 1 aromatic carbocycles. The highest BCUT2D eigenvalue weighted by atomic mass is 19.2. The van der Waals surface area contributed by atoms with Crippen molar-refractivity contribution >= 4 is 12.4 Å². The zero-order valence-corrected chi connectivity index (χ0v) is 15.4. The SMILES string of the molecule is CC(C)(C)OC(=O)N1CC(Cn2cc(-c3cc(F)c(F)cc3C=O)cn2)C1. The maximum atomic E-state index is 13.5. The number of carbonyl (C=O) groups is 2. The summed E-state index contributed by atoms with van der Waals surface area (Å²) < 4.78 is 33.8. The molecule has 1 aromatic heterocycles. The fourth-order valence-electron chi connectivity index (χ4n) is 2.94. The van der Waals surface area contributed by atoms with Crippen molar-refractivity contribution in [3.05, 3.63) is 41.7 Å². The van der Waals surface area contributed by atoms with Gasteiger partial charge in [0.1, 0.15) is 5.60 Å². The number of rotatable bonds is 4. The molecule has 0 saturated carbocycles. The van der Waals surface area contributed by atoms with Gasteiger partial charge >= 0.3 is 6.09 Å². The number of hydrogen-bond donors (Lipinski definition) is 0. The molecule has 0 N–H and O–H groups in total. The zero-order chi connectivity index (χ0) is 19.8. The molecule has 0 aliphatic carbocycles. The number of ether oxygens (including phenoxy) is 1. The topological polar surface area (TPSA) is 64.4 Å². The highest BCUT2D eigenvalue weighted by molar-refractivity contribution is 5.87. The van der Waals surface area contributed by atoms with Crippen LogP contribution >= 0.6 is 0 Å². The van der Waals surface area contributed by atoms with Gasteiger partial charge in [0.15, 0.2) is 17.9 Å².